The van der Waals surface area contributed by atoms with Gasteiger partial charge in [0.15, 0.2) is 0 Å². The lowest BCUT2D eigenvalue weighted by Crippen LogP contribution is -2.12. The molecular weight excluding hydrogens is 807 g/mol. The summed E-state index contributed by atoms with van der Waals surface area (Å²) in [6, 6.07) is 96.0. The van der Waals surface area contributed by atoms with Gasteiger partial charge in [-0.3, -0.25) is 0 Å². The molecule has 0 aliphatic carbocycles. The Hall–Kier alpha value is -8.78. The molecule has 0 fully saturated rings. The van der Waals surface area contributed by atoms with Crippen molar-refractivity contribution in [1.29, 1.82) is 0 Å². The van der Waals surface area contributed by atoms with Gasteiger partial charge in [-0.1, -0.05) is 231 Å². The Morgan fingerprint density at radius 2 is 0.687 bits per heavy atom. The Labute approximate surface area is 390 Å². The number of rotatable bonds is 7. The Morgan fingerprint density at radius 1 is 0.209 bits per heavy atom. The van der Waals surface area contributed by atoms with Gasteiger partial charge in [-0.25, -0.2) is 0 Å². The first-order valence-electron chi connectivity index (χ1n) is 23.2. The minimum Gasteiger partial charge on any atom is -0.309 e. The van der Waals surface area contributed by atoms with Gasteiger partial charge < -0.3 is 4.90 Å². The van der Waals surface area contributed by atoms with Crippen LogP contribution in [0.3, 0.4) is 0 Å². The van der Waals surface area contributed by atoms with Crippen LogP contribution in [0.5, 0.6) is 0 Å². The van der Waals surface area contributed by atoms with Crippen LogP contribution in [0.2, 0.25) is 0 Å². The summed E-state index contributed by atoms with van der Waals surface area (Å²) in [6.45, 7) is 0. The summed E-state index contributed by atoms with van der Waals surface area (Å²) in [6.07, 6.45) is 0. The first-order valence-corrected chi connectivity index (χ1v) is 23.2. The average molecular weight is 850 g/mol. The monoisotopic (exact) mass is 849 g/mol. The second-order valence-electron chi connectivity index (χ2n) is 17.5. The van der Waals surface area contributed by atoms with Crippen molar-refractivity contribution in [2.24, 2.45) is 0 Å². The highest BCUT2D eigenvalue weighted by Crippen LogP contribution is 2.49. The average Bonchev–Trinajstić information content (AvgIpc) is 3.41. The lowest BCUT2D eigenvalue weighted by molar-refractivity contribution is 1.30. The normalized spacial score (nSPS) is 11.6. The second-order valence-corrected chi connectivity index (χ2v) is 17.5. The van der Waals surface area contributed by atoms with Crippen LogP contribution in [0.1, 0.15) is 0 Å². The molecule has 0 unspecified atom stereocenters. The van der Waals surface area contributed by atoms with E-state index in [4.69, 9.17) is 0 Å². The number of anilines is 3. The third-order valence-corrected chi connectivity index (χ3v) is 13.8. The first-order chi connectivity index (χ1) is 33.3. The molecule has 0 bridgehead atoms. The molecule has 312 valence electrons. The summed E-state index contributed by atoms with van der Waals surface area (Å²) in [4.78, 5) is 2.49. The molecule has 0 aromatic heterocycles. The molecule has 0 heterocycles. The summed E-state index contributed by atoms with van der Waals surface area (Å²) < 4.78 is 0. The van der Waals surface area contributed by atoms with Crippen LogP contribution in [0, 0.1) is 0 Å². The second kappa shape index (κ2) is 16.0. The SMILES string of the molecule is c1ccc(-c2c(-c3ccccc3)c3cc(-c4ccccc4N(c4ccc(-c5cccc6c5ccc5ccccc56)cc4)c4cc5ccccc5c5ccccc45)ccc3c3ccccc23)cc1. The van der Waals surface area contributed by atoms with E-state index in [1.807, 2.05) is 0 Å². The molecule has 0 saturated carbocycles. The molecule has 0 spiro atoms. The molecule has 0 amide bonds. The van der Waals surface area contributed by atoms with Crippen molar-refractivity contribution in [2.75, 3.05) is 4.90 Å². The molecule has 0 radical (unpaired) electrons. The molecule has 1 heteroatoms. The van der Waals surface area contributed by atoms with E-state index in [1.165, 1.54) is 98.0 Å². The van der Waals surface area contributed by atoms with Crippen LogP contribution >= 0.6 is 0 Å². The third-order valence-electron chi connectivity index (χ3n) is 13.8. The predicted molar refractivity (Wildman–Crippen MR) is 288 cm³/mol. The highest BCUT2D eigenvalue weighted by atomic mass is 15.1. The predicted octanol–water partition coefficient (Wildman–Crippen LogP) is 18.7. The molecule has 0 N–H and O–H groups in total. The van der Waals surface area contributed by atoms with Gasteiger partial charge in [0.1, 0.15) is 0 Å². The first kappa shape index (κ1) is 38.7. The van der Waals surface area contributed by atoms with Gasteiger partial charge in [0, 0.05) is 16.6 Å². The summed E-state index contributed by atoms with van der Waals surface area (Å²) in [5.41, 5.74) is 13.0. The van der Waals surface area contributed by atoms with Crippen molar-refractivity contribution >= 4 is 81.7 Å². The lowest BCUT2D eigenvalue weighted by atomic mass is 9.84. The highest BCUT2D eigenvalue weighted by Gasteiger charge is 2.23. The van der Waals surface area contributed by atoms with E-state index in [-0.39, 0.29) is 0 Å². The summed E-state index contributed by atoms with van der Waals surface area (Å²) in [5.74, 6) is 0. The molecule has 0 saturated heterocycles. The molecule has 13 aromatic rings. The Balaban J connectivity index is 1.05. The minimum absolute atomic E-state index is 1.09. The van der Waals surface area contributed by atoms with E-state index in [2.05, 4.69) is 266 Å². The number of hydrogen-bond donors (Lipinski definition) is 0. The Kier molecular flexibility index (Phi) is 9.25. The minimum atomic E-state index is 1.09. The van der Waals surface area contributed by atoms with Crippen molar-refractivity contribution in [3.63, 3.8) is 0 Å². The third kappa shape index (κ3) is 6.47. The molecular formula is C66H43N. The molecule has 67 heavy (non-hydrogen) atoms. The molecule has 1 nitrogen and oxygen atoms in total. The smallest absolute Gasteiger partial charge is 0.0546 e. The van der Waals surface area contributed by atoms with Crippen molar-refractivity contribution in [2.45, 2.75) is 0 Å². The Morgan fingerprint density at radius 3 is 1.42 bits per heavy atom. The molecule has 13 rings (SSSR count). The largest absolute Gasteiger partial charge is 0.309 e. The summed E-state index contributed by atoms with van der Waals surface area (Å²) >= 11 is 0. The standard InChI is InChI=1S/C66H43N/c1-3-19-46(20-4-1)65-61-30-14-12-28-57(61)59-41-37-49(42-62(59)66(65)47-21-5-2-6-22-47)54-26-15-16-33-63(54)67(64-43-48-23-8-10-25-53(48)56-27-11-13-29-60(56)64)50-38-34-45(35-39-50)52-31-17-32-55-51-24-9-7-18-44(51)36-40-58(52)55/h1-43H. The van der Waals surface area contributed by atoms with Gasteiger partial charge in [-0.15, -0.1) is 0 Å². The van der Waals surface area contributed by atoms with Gasteiger partial charge in [-0.05, 0) is 129 Å². The van der Waals surface area contributed by atoms with Crippen LogP contribution in [-0.2, 0) is 0 Å². The van der Waals surface area contributed by atoms with E-state index in [0.29, 0.717) is 0 Å². The van der Waals surface area contributed by atoms with Crippen molar-refractivity contribution < 1.29 is 0 Å². The number of hydrogen-bond acceptors (Lipinski definition) is 1. The van der Waals surface area contributed by atoms with Crippen molar-refractivity contribution in [3.8, 4) is 44.5 Å². The van der Waals surface area contributed by atoms with Crippen LogP contribution in [0.4, 0.5) is 17.1 Å². The maximum atomic E-state index is 2.49. The maximum absolute atomic E-state index is 2.49. The zero-order valence-corrected chi connectivity index (χ0v) is 36.8. The van der Waals surface area contributed by atoms with Gasteiger partial charge in [0.05, 0.1) is 11.4 Å². The lowest BCUT2D eigenvalue weighted by Gasteiger charge is -2.30. The van der Waals surface area contributed by atoms with E-state index in [0.717, 1.165) is 28.2 Å². The van der Waals surface area contributed by atoms with E-state index >= 15 is 0 Å². The number of benzene rings is 13. The zero-order chi connectivity index (χ0) is 44.3. The van der Waals surface area contributed by atoms with E-state index < -0.39 is 0 Å². The van der Waals surface area contributed by atoms with E-state index in [9.17, 15) is 0 Å². The summed E-state index contributed by atoms with van der Waals surface area (Å²) in [5, 5.41) is 14.9. The summed E-state index contributed by atoms with van der Waals surface area (Å²) in [7, 11) is 0. The Bertz CT molecular complexity index is 4020. The van der Waals surface area contributed by atoms with Gasteiger partial charge in [0.2, 0.25) is 0 Å². The van der Waals surface area contributed by atoms with Gasteiger partial charge in [-0.2, -0.15) is 0 Å². The quantitative estimate of drug-likeness (QED) is 0.144. The fourth-order valence-electron chi connectivity index (χ4n) is 10.8. The van der Waals surface area contributed by atoms with E-state index in [1.54, 1.807) is 0 Å². The molecule has 0 aliphatic heterocycles. The van der Waals surface area contributed by atoms with Crippen molar-refractivity contribution in [3.05, 3.63) is 261 Å². The van der Waals surface area contributed by atoms with Crippen LogP contribution in [0.15, 0.2) is 261 Å². The zero-order valence-electron chi connectivity index (χ0n) is 36.8. The fraction of sp³-hybridized carbons (Fsp3) is 0. The van der Waals surface area contributed by atoms with Gasteiger partial charge >= 0.3 is 0 Å². The van der Waals surface area contributed by atoms with Gasteiger partial charge in [0.25, 0.3) is 0 Å². The van der Waals surface area contributed by atoms with Crippen LogP contribution < -0.4 is 4.90 Å². The maximum Gasteiger partial charge on any atom is 0.0546 e. The number of nitrogens with zero attached hydrogens (tertiary/aromatic N) is 1. The topological polar surface area (TPSA) is 3.24 Å². The fourth-order valence-corrected chi connectivity index (χ4v) is 10.8. The molecule has 0 atom stereocenters. The molecule has 13 aromatic carbocycles. The number of fused-ring (bicyclic) bond motifs is 9. The number of para-hydroxylation sites is 1. The molecule has 0 aliphatic rings. The van der Waals surface area contributed by atoms with Crippen molar-refractivity contribution in [1.82, 2.24) is 0 Å². The van der Waals surface area contributed by atoms with Crippen LogP contribution in [0.25, 0.3) is 109 Å². The highest BCUT2D eigenvalue weighted by molar-refractivity contribution is 6.22. The van der Waals surface area contributed by atoms with Crippen LogP contribution in [-0.4, -0.2) is 0 Å².